The molecule has 118 valence electrons. The second kappa shape index (κ2) is 6.02. The summed E-state index contributed by atoms with van der Waals surface area (Å²) in [6.07, 6.45) is 2.74. The highest BCUT2D eigenvalue weighted by Crippen LogP contribution is 2.39. The van der Waals surface area contributed by atoms with Crippen molar-refractivity contribution in [3.05, 3.63) is 29.6 Å². The zero-order chi connectivity index (χ0) is 15.7. The smallest absolute Gasteiger partial charge is 0.243 e. The molecule has 1 aromatic rings. The summed E-state index contributed by atoms with van der Waals surface area (Å²) in [6.45, 7) is 4.66. The maximum Gasteiger partial charge on any atom is 0.243 e. The molecule has 0 radical (unpaired) electrons. The Bertz CT molecular complexity index is 611. The van der Waals surface area contributed by atoms with E-state index in [1.54, 1.807) is 0 Å². The van der Waals surface area contributed by atoms with Crippen LogP contribution in [-0.4, -0.2) is 30.9 Å². The number of nitrogens with zero attached hydrogens (tertiary/aromatic N) is 1. The van der Waals surface area contributed by atoms with E-state index in [1.165, 1.54) is 16.4 Å². The molecule has 1 aliphatic rings. The lowest BCUT2D eigenvalue weighted by atomic mass is 9.82. The van der Waals surface area contributed by atoms with Gasteiger partial charge in [-0.05, 0) is 42.9 Å². The molecule has 0 saturated carbocycles. The van der Waals surface area contributed by atoms with E-state index >= 15 is 0 Å². The van der Waals surface area contributed by atoms with Crippen LogP contribution >= 0.6 is 0 Å². The maximum atomic E-state index is 13.4. The molecule has 0 bridgehead atoms. The molecule has 0 unspecified atom stereocenters. The van der Waals surface area contributed by atoms with Crippen molar-refractivity contribution in [2.24, 2.45) is 5.41 Å². The van der Waals surface area contributed by atoms with Crippen molar-refractivity contribution in [1.82, 2.24) is 4.31 Å². The molecule has 0 atom stereocenters. The second-order valence-corrected chi connectivity index (χ2v) is 7.64. The number of halogens is 1. The molecule has 6 heteroatoms. The molecule has 0 aliphatic carbocycles. The predicted octanol–water partition coefficient (Wildman–Crippen LogP) is 2.52. The minimum atomic E-state index is -3.62. The summed E-state index contributed by atoms with van der Waals surface area (Å²) in [4.78, 5) is 0.0518. The predicted molar refractivity (Wildman–Crippen MR) is 78.7 cm³/mol. The van der Waals surface area contributed by atoms with Gasteiger partial charge in [-0.25, -0.2) is 12.8 Å². The van der Waals surface area contributed by atoms with E-state index < -0.39 is 22.4 Å². The van der Waals surface area contributed by atoms with Gasteiger partial charge in [-0.2, -0.15) is 4.31 Å². The number of benzene rings is 1. The molecule has 1 saturated heterocycles. The first-order valence-corrected chi connectivity index (χ1v) is 8.72. The number of sulfonamides is 1. The minimum Gasteiger partial charge on any atom is -0.392 e. The molecular formula is C15H22FNO3S. The molecule has 21 heavy (non-hydrogen) atoms. The largest absolute Gasteiger partial charge is 0.392 e. The first-order chi connectivity index (χ1) is 9.88. The Morgan fingerprint density at radius 1 is 1.33 bits per heavy atom. The lowest BCUT2D eigenvalue weighted by Crippen LogP contribution is -2.32. The summed E-state index contributed by atoms with van der Waals surface area (Å²) in [7, 11) is -3.62. The summed E-state index contributed by atoms with van der Waals surface area (Å²) >= 11 is 0. The average molecular weight is 315 g/mol. The lowest BCUT2D eigenvalue weighted by molar-refractivity contribution is 0.275. The highest BCUT2D eigenvalue weighted by atomic mass is 32.2. The fourth-order valence-corrected chi connectivity index (χ4v) is 4.51. The van der Waals surface area contributed by atoms with Gasteiger partial charge >= 0.3 is 0 Å². The Hall–Kier alpha value is -0.980. The van der Waals surface area contributed by atoms with Crippen LogP contribution in [-0.2, 0) is 16.6 Å². The van der Waals surface area contributed by atoms with Crippen LogP contribution in [0.4, 0.5) is 4.39 Å². The van der Waals surface area contributed by atoms with Gasteiger partial charge in [0.2, 0.25) is 10.0 Å². The van der Waals surface area contributed by atoms with Gasteiger partial charge in [0, 0.05) is 18.7 Å². The number of rotatable bonds is 5. The SMILES string of the molecule is CCC1(CC)CCN(S(=O)(=O)c2ccc(F)c(CO)c2)C1. The highest BCUT2D eigenvalue weighted by molar-refractivity contribution is 7.89. The third-order valence-electron chi connectivity index (χ3n) is 4.73. The molecule has 0 aromatic heterocycles. The summed E-state index contributed by atoms with van der Waals surface area (Å²) in [5, 5.41) is 9.08. The van der Waals surface area contributed by atoms with Crippen molar-refractivity contribution in [2.45, 2.75) is 44.6 Å². The Kier molecular flexibility index (Phi) is 4.70. The summed E-state index contributed by atoms with van der Waals surface area (Å²) in [5.74, 6) is -0.589. The van der Waals surface area contributed by atoms with E-state index in [0.29, 0.717) is 13.1 Å². The zero-order valence-corrected chi connectivity index (χ0v) is 13.3. The number of hydrogen-bond donors (Lipinski definition) is 1. The van der Waals surface area contributed by atoms with Gasteiger partial charge in [0.1, 0.15) is 5.82 Å². The number of aliphatic hydroxyl groups excluding tert-OH is 1. The van der Waals surface area contributed by atoms with Crippen LogP contribution < -0.4 is 0 Å². The number of aliphatic hydroxyl groups is 1. The van der Waals surface area contributed by atoms with Gasteiger partial charge in [0.25, 0.3) is 0 Å². The van der Waals surface area contributed by atoms with Crippen LogP contribution in [0.15, 0.2) is 23.1 Å². The molecule has 1 heterocycles. The summed E-state index contributed by atoms with van der Waals surface area (Å²) < 4.78 is 40.2. The Balaban J connectivity index is 2.31. The quantitative estimate of drug-likeness (QED) is 0.908. The van der Waals surface area contributed by atoms with Crippen LogP contribution in [0, 0.1) is 11.2 Å². The summed E-state index contributed by atoms with van der Waals surface area (Å²) in [6, 6.07) is 3.59. The van der Waals surface area contributed by atoms with Crippen molar-refractivity contribution in [3.8, 4) is 0 Å². The molecular weight excluding hydrogens is 293 g/mol. The molecule has 0 spiro atoms. The van der Waals surface area contributed by atoms with Crippen molar-refractivity contribution >= 4 is 10.0 Å². The van der Waals surface area contributed by atoms with Crippen molar-refractivity contribution in [2.75, 3.05) is 13.1 Å². The Morgan fingerprint density at radius 3 is 2.52 bits per heavy atom. The third-order valence-corrected chi connectivity index (χ3v) is 6.57. The highest BCUT2D eigenvalue weighted by Gasteiger charge is 2.40. The normalized spacial score (nSPS) is 19.0. The van der Waals surface area contributed by atoms with E-state index in [9.17, 15) is 12.8 Å². The van der Waals surface area contributed by atoms with E-state index in [0.717, 1.165) is 25.3 Å². The molecule has 1 fully saturated rings. The van der Waals surface area contributed by atoms with Crippen LogP contribution in [0.25, 0.3) is 0 Å². The number of hydrogen-bond acceptors (Lipinski definition) is 3. The van der Waals surface area contributed by atoms with Gasteiger partial charge in [0.15, 0.2) is 0 Å². The lowest BCUT2D eigenvalue weighted by Gasteiger charge is -2.26. The van der Waals surface area contributed by atoms with Crippen molar-refractivity contribution in [3.63, 3.8) is 0 Å². The van der Waals surface area contributed by atoms with E-state index in [2.05, 4.69) is 13.8 Å². The summed E-state index contributed by atoms with van der Waals surface area (Å²) in [5.41, 5.74) is 0.0555. The first-order valence-electron chi connectivity index (χ1n) is 7.28. The van der Waals surface area contributed by atoms with Crippen LogP contribution in [0.2, 0.25) is 0 Å². The third kappa shape index (κ3) is 2.98. The minimum absolute atomic E-state index is 0.00696. The van der Waals surface area contributed by atoms with Crippen molar-refractivity contribution in [1.29, 1.82) is 0 Å². The van der Waals surface area contributed by atoms with Gasteiger partial charge in [0.05, 0.1) is 11.5 Å². The topological polar surface area (TPSA) is 57.6 Å². The molecule has 1 N–H and O–H groups in total. The van der Waals surface area contributed by atoms with Gasteiger partial charge in [-0.1, -0.05) is 13.8 Å². The molecule has 1 aromatic carbocycles. The van der Waals surface area contributed by atoms with Crippen LogP contribution in [0.1, 0.15) is 38.7 Å². The van der Waals surface area contributed by atoms with Gasteiger partial charge in [-0.3, -0.25) is 0 Å². The van der Waals surface area contributed by atoms with Gasteiger partial charge in [-0.15, -0.1) is 0 Å². The van der Waals surface area contributed by atoms with Crippen LogP contribution in [0.3, 0.4) is 0 Å². The van der Waals surface area contributed by atoms with E-state index in [1.807, 2.05) is 0 Å². The first kappa shape index (κ1) is 16.4. The van der Waals surface area contributed by atoms with Crippen molar-refractivity contribution < 1.29 is 17.9 Å². The van der Waals surface area contributed by atoms with Gasteiger partial charge < -0.3 is 5.11 Å². The molecule has 0 amide bonds. The Morgan fingerprint density at radius 2 is 2.00 bits per heavy atom. The molecule has 1 aliphatic heterocycles. The maximum absolute atomic E-state index is 13.4. The molecule has 4 nitrogen and oxygen atoms in total. The van der Waals surface area contributed by atoms with Crippen LogP contribution in [0.5, 0.6) is 0 Å². The fraction of sp³-hybridized carbons (Fsp3) is 0.600. The molecule has 2 rings (SSSR count). The average Bonchev–Trinajstić information content (AvgIpc) is 2.93. The monoisotopic (exact) mass is 315 g/mol. The zero-order valence-electron chi connectivity index (χ0n) is 12.5. The Labute approximate surface area is 125 Å². The second-order valence-electron chi connectivity index (χ2n) is 5.71. The van der Waals surface area contributed by atoms with E-state index in [-0.39, 0.29) is 15.9 Å². The standard InChI is InChI=1S/C15H22FNO3S/c1-3-15(4-2)7-8-17(11-15)21(19,20)13-5-6-14(16)12(9-13)10-18/h5-6,9,18H,3-4,7-8,10-11H2,1-2H3. The fourth-order valence-electron chi connectivity index (χ4n) is 2.91. The van der Waals surface area contributed by atoms with E-state index in [4.69, 9.17) is 5.11 Å².